The van der Waals surface area contributed by atoms with E-state index in [1.165, 1.54) is 12.1 Å². The van der Waals surface area contributed by atoms with Gasteiger partial charge in [0.15, 0.2) is 0 Å². The highest BCUT2D eigenvalue weighted by Gasteiger charge is 2.14. The number of benzene rings is 1. The van der Waals surface area contributed by atoms with E-state index in [0.717, 1.165) is 12.1 Å². The van der Waals surface area contributed by atoms with Crippen LogP contribution in [0.1, 0.15) is 12.0 Å². The number of halogens is 4. The maximum atomic E-state index is 12.8. The van der Waals surface area contributed by atoms with Crippen molar-refractivity contribution in [2.45, 2.75) is 6.43 Å². The molecule has 0 amide bonds. The lowest BCUT2D eigenvalue weighted by atomic mass is 10.1. The lowest BCUT2D eigenvalue weighted by molar-refractivity contribution is 0.151. The van der Waals surface area contributed by atoms with Crippen LogP contribution in [0.2, 0.25) is 5.15 Å². The topological polar surface area (TPSA) is 12.9 Å². The smallest absolute Gasteiger partial charge is 0.236 e. The molecule has 5 heteroatoms. The highest BCUT2D eigenvalue weighted by molar-refractivity contribution is 6.30. The Hall–Kier alpha value is -1.29. The standard InChI is InChI=1S/C10H5ClF3N/c11-9-7(10(13)14)4-5-3-6(12)1-2-8(5)15-9/h1-4,10H. The molecule has 1 nitrogen and oxygen atoms in total. The molecule has 1 aromatic carbocycles. The van der Waals surface area contributed by atoms with Crippen molar-refractivity contribution in [3.05, 3.63) is 40.8 Å². The van der Waals surface area contributed by atoms with Crippen molar-refractivity contribution in [2.75, 3.05) is 0 Å². The first kappa shape index (κ1) is 10.2. The van der Waals surface area contributed by atoms with Crippen molar-refractivity contribution in [2.24, 2.45) is 0 Å². The third-order valence-corrected chi connectivity index (χ3v) is 2.30. The first-order valence-electron chi connectivity index (χ1n) is 4.12. The molecule has 0 fully saturated rings. The van der Waals surface area contributed by atoms with Crippen molar-refractivity contribution >= 4 is 22.5 Å². The number of nitrogens with zero attached hydrogens (tertiary/aromatic N) is 1. The highest BCUT2D eigenvalue weighted by Crippen LogP contribution is 2.28. The molecular weight excluding hydrogens is 227 g/mol. The fourth-order valence-electron chi connectivity index (χ4n) is 1.29. The van der Waals surface area contributed by atoms with E-state index >= 15 is 0 Å². The lowest BCUT2D eigenvalue weighted by Crippen LogP contribution is -1.91. The Balaban J connectivity index is 2.72. The van der Waals surface area contributed by atoms with Gasteiger partial charge in [0.25, 0.3) is 6.43 Å². The number of fused-ring (bicyclic) bond motifs is 1. The Bertz CT molecular complexity index is 513. The van der Waals surface area contributed by atoms with Crippen LogP contribution >= 0.6 is 11.6 Å². The summed E-state index contributed by atoms with van der Waals surface area (Å²) in [6.07, 6.45) is -2.71. The van der Waals surface area contributed by atoms with E-state index in [1.54, 1.807) is 0 Å². The van der Waals surface area contributed by atoms with Gasteiger partial charge in [0, 0.05) is 5.39 Å². The summed E-state index contributed by atoms with van der Waals surface area (Å²) >= 11 is 5.55. The minimum absolute atomic E-state index is 0.246. The summed E-state index contributed by atoms with van der Waals surface area (Å²) < 4.78 is 37.7. The Labute approximate surface area is 88.5 Å². The molecule has 1 heterocycles. The molecule has 1 aromatic heterocycles. The number of rotatable bonds is 1. The van der Waals surface area contributed by atoms with Crippen LogP contribution in [-0.2, 0) is 0 Å². The Kier molecular flexibility index (Phi) is 2.52. The number of hydrogen-bond donors (Lipinski definition) is 0. The van der Waals surface area contributed by atoms with Crippen LogP contribution in [0, 0.1) is 5.82 Å². The average Bonchev–Trinajstić information content (AvgIpc) is 2.17. The van der Waals surface area contributed by atoms with Crippen LogP contribution < -0.4 is 0 Å². The molecule has 0 bridgehead atoms. The molecule has 78 valence electrons. The second-order valence-corrected chi connectivity index (χ2v) is 3.36. The van der Waals surface area contributed by atoms with Gasteiger partial charge in [-0.3, -0.25) is 0 Å². The summed E-state index contributed by atoms with van der Waals surface area (Å²) in [5.74, 6) is -0.494. The van der Waals surface area contributed by atoms with Gasteiger partial charge in [-0.1, -0.05) is 11.6 Å². The monoisotopic (exact) mass is 231 g/mol. The van der Waals surface area contributed by atoms with E-state index in [4.69, 9.17) is 11.6 Å². The van der Waals surface area contributed by atoms with Crippen LogP contribution in [0.15, 0.2) is 24.3 Å². The molecule has 0 saturated carbocycles. The van der Waals surface area contributed by atoms with Gasteiger partial charge in [-0.25, -0.2) is 18.2 Å². The van der Waals surface area contributed by atoms with Gasteiger partial charge in [0.05, 0.1) is 11.1 Å². The van der Waals surface area contributed by atoms with Crippen LogP contribution in [0.4, 0.5) is 13.2 Å². The summed E-state index contributed by atoms with van der Waals surface area (Å²) in [5.41, 5.74) is 0.0144. The van der Waals surface area contributed by atoms with Gasteiger partial charge in [-0.15, -0.1) is 0 Å². The van der Waals surface area contributed by atoms with Crippen LogP contribution in [0.3, 0.4) is 0 Å². The molecule has 0 aliphatic rings. The molecule has 0 spiro atoms. The predicted octanol–water partition coefficient (Wildman–Crippen LogP) is 3.96. The van der Waals surface area contributed by atoms with E-state index < -0.39 is 12.2 Å². The summed E-state index contributed by atoms with van der Waals surface area (Å²) in [6.45, 7) is 0. The molecule has 0 N–H and O–H groups in total. The highest BCUT2D eigenvalue weighted by atomic mass is 35.5. The van der Waals surface area contributed by atoms with E-state index in [-0.39, 0.29) is 10.7 Å². The van der Waals surface area contributed by atoms with Gasteiger partial charge in [0.1, 0.15) is 11.0 Å². The van der Waals surface area contributed by atoms with Gasteiger partial charge >= 0.3 is 0 Å². The van der Waals surface area contributed by atoms with Crippen LogP contribution in [0.5, 0.6) is 0 Å². The molecule has 0 saturated heterocycles. The van der Waals surface area contributed by atoms with E-state index in [9.17, 15) is 13.2 Å². The predicted molar refractivity (Wildman–Crippen MR) is 51.7 cm³/mol. The molecule has 2 aromatic rings. The fourth-order valence-corrected chi connectivity index (χ4v) is 1.52. The summed E-state index contributed by atoms with van der Waals surface area (Å²) in [6, 6.07) is 4.89. The average molecular weight is 232 g/mol. The SMILES string of the molecule is Fc1ccc2nc(Cl)c(C(F)F)cc2c1. The van der Waals surface area contributed by atoms with Crippen molar-refractivity contribution in [1.82, 2.24) is 4.98 Å². The van der Waals surface area contributed by atoms with Crippen molar-refractivity contribution in [3.8, 4) is 0 Å². The molecule has 15 heavy (non-hydrogen) atoms. The van der Waals surface area contributed by atoms with E-state index in [2.05, 4.69) is 4.98 Å². The zero-order valence-corrected chi connectivity index (χ0v) is 8.10. The Morgan fingerprint density at radius 3 is 2.60 bits per heavy atom. The van der Waals surface area contributed by atoms with Crippen LogP contribution in [-0.4, -0.2) is 4.98 Å². The second-order valence-electron chi connectivity index (χ2n) is 3.01. The third-order valence-electron chi connectivity index (χ3n) is 1.99. The van der Waals surface area contributed by atoms with E-state index in [1.807, 2.05) is 0 Å². The maximum absolute atomic E-state index is 12.8. The number of pyridine rings is 1. The largest absolute Gasteiger partial charge is 0.266 e. The quantitative estimate of drug-likeness (QED) is 0.677. The molecule has 0 radical (unpaired) electrons. The van der Waals surface area contributed by atoms with Gasteiger partial charge in [-0.05, 0) is 24.3 Å². The van der Waals surface area contributed by atoms with Gasteiger partial charge < -0.3 is 0 Å². The number of hydrogen-bond acceptors (Lipinski definition) is 1. The molecule has 0 unspecified atom stereocenters. The third kappa shape index (κ3) is 1.90. The summed E-state index contributed by atoms with van der Waals surface area (Å²) in [5, 5.41) is 0.0683. The fraction of sp³-hybridized carbons (Fsp3) is 0.100. The first-order valence-corrected chi connectivity index (χ1v) is 4.49. The Morgan fingerprint density at radius 1 is 1.20 bits per heavy atom. The van der Waals surface area contributed by atoms with Gasteiger partial charge in [-0.2, -0.15) is 0 Å². The summed E-state index contributed by atoms with van der Waals surface area (Å²) in [7, 11) is 0. The maximum Gasteiger partial charge on any atom is 0.266 e. The molecule has 0 aliphatic carbocycles. The minimum atomic E-state index is -2.71. The zero-order valence-electron chi connectivity index (χ0n) is 7.35. The molecule has 0 atom stereocenters. The number of aromatic nitrogens is 1. The van der Waals surface area contributed by atoms with Gasteiger partial charge in [0.2, 0.25) is 0 Å². The Morgan fingerprint density at radius 2 is 1.93 bits per heavy atom. The molecule has 2 rings (SSSR count). The zero-order chi connectivity index (χ0) is 11.0. The van der Waals surface area contributed by atoms with Crippen molar-refractivity contribution in [3.63, 3.8) is 0 Å². The van der Waals surface area contributed by atoms with Crippen molar-refractivity contribution in [1.29, 1.82) is 0 Å². The summed E-state index contributed by atoms with van der Waals surface area (Å²) in [4.78, 5) is 3.76. The van der Waals surface area contributed by atoms with Crippen LogP contribution in [0.25, 0.3) is 10.9 Å². The van der Waals surface area contributed by atoms with E-state index in [0.29, 0.717) is 10.9 Å². The normalized spacial score (nSPS) is 11.3. The molecular formula is C10H5ClF3N. The first-order chi connectivity index (χ1) is 7.08. The second kappa shape index (κ2) is 3.70. The minimum Gasteiger partial charge on any atom is -0.236 e. The number of alkyl halides is 2. The van der Waals surface area contributed by atoms with Crippen molar-refractivity contribution < 1.29 is 13.2 Å². The lowest BCUT2D eigenvalue weighted by Gasteiger charge is -2.04. The molecule has 0 aliphatic heterocycles.